The van der Waals surface area contributed by atoms with E-state index in [1.54, 1.807) is 0 Å². The van der Waals surface area contributed by atoms with Gasteiger partial charge in [-0.3, -0.25) is 0 Å². The highest BCUT2D eigenvalue weighted by atomic mass is 15.0. The molecule has 1 aliphatic rings. The van der Waals surface area contributed by atoms with Crippen molar-refractivity contribution in [2.45, 2.75) is 26.7 Å². The van der Waals surface area contributed by atoms with E-state index in [0.29, 0.717) is 0 Å². The van der Waals surface area contributed by atoms with Crippen molar-refractivity contribution in [2.24, 2.45) is 0 Å². The number of hydrogen-bond acceptors (Lipinski definition) is 3. The molecule has 0 N–H and O–H groups in total. The van der Waals surface area contributed by atoms with Crippen LogP contribution in [0.25, 0.3) is 22.5 Å². The van der Waals surface area contributed by atoms with Crippen LogP contribution >= 0.6 is 0 Å². The van der Waals surface area contributed by atoms with Crippen molar-refractivity contribution in [1.29, 1.82) is 0 Å². The predicted octanol–water partition coefficient (Wildman–Crippen LogP) is 3.98. The number of aryl methyl sites for hydroxylation is 2. The molecule has 0 saturated heterocycles. The van der Waals surface area contributed by atoms with Gasteiger partial charge in [0.1, 0.15) is 11.6 Å². The molecule has 22 heavy (non-hydrogen) atoms. The molecule has 3 aromatic rings. The van der Waals surface area contributed by atoms with E-state index in [2.05, 4.69) is 64.3 Å². The first kappa shape index (κ1) is 13.1. The quantitative estimate of drug-likeness (QED) is 0.559. The topological polar surface area (TPSA) is 38.7 Å². The first-order chi connectivity index (χ1) is 10.8. The highest BCUT2D eigenvalue weighted by molar-refractivity contribution is 5.88. The van der Waals surface area contributed by atoms with Crippen molar-refractivity contribution in [3.05, 3.63) is 65.2 Å². The molecule has 1 aliphatic carbocycles. The lowest BCUT2D eigenvalue weighted by molar-refractivity contribution is 0.869. The van der Waals surface area contributed by atoms with Crippen LogP contribution in [-0.4, -0.2) is 15.0 Å². The zero-order valence-corrected chi connectivity index (χ0v) is 12.8. The Labute approximate surface area is 130 Å². The molecule has 0 amide bonds. The molecule has 0 saturated carbocycles. The van der Waals surface area contributed by atoms with Gasteiger partial charge in [0.05, 0.1) is 0 Å². The second-order valence-electron chi connectivity index (χ2n) is 5.65. The summed E-state index contributed by atoms with van der Waals surface area (Å²) in [5.74, 6) is 2.43. The first-order valence-corrected chi connectivity index (χ1v) is 7.68. The predicted molar refractivity (Wildman–Crippen MR) is 87.6 cm³/mol. The third kappa shape index (κ3) is 2.01. The average Bonchev–Trinajstić information content (AvgIpc) is 2.92. The lowest BCUT2D eigenvalue weighted by Gasteiger charge is -2.10. The number of hydrogen-bond donors (Lipinski definition) is 0. The molecule has 3 nitrogen and oxygen atoms in total. The zero-order chi connectivity index (χ0) is 15.1. The Bertz CT molecular complexity index is 868. The number of aromatic nitrogens is 3. The zero-order valence-electron chi connectivity index (χ0n) is 12.8. The second kappa shape index (κ2) is 5.02. The summed E-state index contributed by atoms with van der Waals surface area (Å²) in [6.07, 6.45) is 1.81. The van der Waals surface area contributed by atoms with Crippen molar-refractivity contribution in [3.63, 3.8) is 0 Å². The van der Waals surface area contributed by atoms with Crippen LogP contribution in [0, 0.1) is 6.92 Å². The highest BCUT2D eigenvalue weighted by Crippen LogP contribution is 2.41. The summed E-state index contributed by atoms with van der Waals surface area (Å²) >= 11 is 0. The van der Waals surface area contributed by atoms with E-state index in [0.717, 1.165) is 35.9 Å². The van der Waals surface area contributed by atoms with Crippen molar-refractivity contribution in [1.82, 2.24) is 15.0 Å². The molecule has 0 bridgehead atoms. The van der Waals surface area contributed by atoms with Gasteiger partial charge in [-0.15, -0.1) is 0 Å². The van der Waals surface area contributed by atoms with Crippen LogP contribution < -0.4 is 0 Å². The molecule has 1 heterocycles. The Morgan fingerprint density at radius 1 is 0.864 bits per heavy atom. The van der Waals surface area contributed by atoms with E-state index in [-0.39, 0.29) is 0 Å². The molecule has 0 radical (unpaired) electrons. The van der Waals surface area contributed by atoms with Crippen LogP contribution in [0.15, 0.2) is 42.5 Å². The van der Waals surface area contributed by atoms with Crippen LogP contribution in [-0.2, 0) is 12.8 Å². The molecule has 108 valence electrons. The summed E-state index contributed by atoms with van der Waals surface area (Å²) in [5, 5.41) is 0. The first-order valence-electron chi connectivity index (χ1n) is 7.68. The maximum atomic E-state index is 4.65. The SMILES string of the molecule is CCc1nc(C)nc(-c2cccc3c2-c2ccccc2C3)n1. The van der Waals surface area contributed by atoms with Gasteiger partial charge in [0.2, 0.25) is 0 Å². The third-order valence-electron chi connectivity index (χ3n) is 4.17. The van der Waals surface area contributed by atoms with Gasteiger partial charge in [-0.1, -0.05) is 49.4 Å². The van der Waals surface area contributed by atoms with Crippen LogP contribution in [0.2, 0.25) is 0 Å². The molecule has 0 aliphatic heterocycles. The Hall–Kier alpha value is -2.55. The maximum absolute atomic E-state index is 4.65. The molecular formula is C19H17N3. The Morgan fingerprint density at radius 3 is 2.50 bits per heavy atom. The minimum absolute atomic E-state index is 0.783. The van der Waals surface area contributed by atoms with E-state index in [9.17, 15) is 0 Å². The average molecular weight is 287 g/mol. The van der Waals surface area contributed by atoms with Gasteiger partial charge in [0.25, 0.3) is 0 Å². The summed E-state index contributed by atoms with van der Waals surface area (Å²) in [5.41, 5.74) is 6.44. The van der Waals surface area contributed by atoms with Crippen LogP contribution in [0.1, 0.15) is 29.7 Å². The number of benzene rings is 2. The highest BCUT2D eigenvalue weighted by Gasteiger charge is 2.22. The third-order valence-corrected chi connectivity index (χ3v) is 4.17. The Kier molecular flexibility index (Phi) is 3.00. The molecular weight excluding hydrogens is 270 g/mol. The molecule has 2 aromatic carbocycles. The van der Waals surface area contributed by atoms with E-state index < -0.39 is 0 Å². The van der Waals surface area contributed by atoms with Crippen molar-refractivity contribution >= 4 is 0 Å². The summed E-state index contributed by atoms with van der Waals surface area (Å²) in [7, 11) is 0. The van der Waals surface area contributed by atoms with Gasteiger partial charge in [0.15, 0.2) is 5.82 Å². The second-order valence-corrected chi connectivity index (χ2v) is 5.65. The normalized spacial score (nSPS) is 12.1. The summed E-state index contributed by atoms with van der Waals surface area (Å²) < 4.78 is 0. The van der Waals surface area contributed by atoms with E-state index in [1.165, 1.54) is 22.3 Å². The molecule has 3 heteroatoms. The van der Waals surface area contributed by atoms with Crippen molar-refractivity contribution in [3.8, 4) is 22.5 Å². The minimum Gasteiger partial charge on any atom is -0.218 e. The van der Waals surface area contributed by atoms with Crippen LogP contribution in [0.5, 0.6) is 0 Å². The van der Waals surface area contributed by atoms with E-state index in [1.807, 2.05) is 6.92 Å². The van der Waals surface area contributed by atoms with Gasteiger partial charge < -0.3 is 0 Å². The van der Waals surface area contributed by atoms with E-state index >= 15 is 0 Å². The van der Waals surface area contributed by atoms with E-state index in [4.69, 9.17) is 0 Å². The summed E-state index contributed by atoms with van der Waals surface area (Å²) in [4.78, 5) is 13.6. The largest absolute Gasteiger partial charge is 0.218 e. The fourth-order valence-corrected chi connectivity index (χ4v) is 3.19. The smallest absolute Gasteiger partial charge is 0.163 e. The van der Waals surface area contributed by atoms with Gasteiger partial charge in [-0.2, -0.15) is 0 Å². The fourth-order valence-electron chi connectivity index (χ4n) is 3.19. The van der Waals surface area contributed by atoms with Gasteiger partial charge in [0, 0.05) is 12.0 Å². The van der Waals surface area contributed by atoms with Crippen LogP contribution in [0.3, 0.4) is 0 Å². The van der Waals surface area contributed by atoms with Gasteiger partial charge in [-0.05, 0) is 35.6 Å². The molecule has 0 spiro atoms. The van der Waals surface area contributed by atoms with Crippen LogP contribution in [0.4, 0.5) is 0 Å². The number of nitrogens with zero attached hydrogens (tertiary/aromatic N) is 3. The minimum atomic E-state index is 0.783. The van der Waals surface area contributed by atoms with Crippen molar-refractivity contribution in [2.75, 3.05) is 0 Å². The Morgan fingerprint density at radius 2 is 1.64 bits per heavy atom. The van der Waals surface area contributed by atoms with Crippen molar-refractivity contribution < 1.29 is 0 Å². The number of rotatable bonds is 2. The summed E-state index contributed by atoms with van der Waals surface area (Å²) in [6.45, 7) is 4.00. The van der Waals surface area contributed by atoms with Gasteiger partial charge >= 0.3 is 0 Å². The monoisotopic (exact) mass is 287 g/mol. The summed E-state index contributed by atoms with van der Waals surface area (Å²) in [6, 6.07) is 15.0. The standard InChI is InChI=1S/C19H17N3/c1-3-17-20-12(2)21-19(22-17)16-10-6-8-14-11-13-7-4-5-9-15(13)18(14)16/h4-10H,3,11H2,1-2H3. The molecule has 1 aromatic heterocycles. The molecule has 0 fully saturated rings. The van der Waals surface area contributed by atoms with Gasteiger partial charge in [-0.25, -0.2) is 15.0 Å². The lowest BCUT2D eigenvalue weighted by atomic mass is 9.99. The Balaban J connectivity index is 1.97. The molecule has 0 atom stereocenters. The lowest BCUT2D eigenvalue weighted by Crippen LogP contribution is -2.02. The number of fused-ring (bicyclic) bond motifs is 3. The molecule has 0 unspecified atom stereocenters. The maximum Gasteiger partial charge on any atom is 0.163 e. The fraction of sp³-hybridized carbons (Fsp3) is 0.211. The molecule has 4 rings (SSSR count).